The van der Waals surface area contributed by atoms with Gasteiger partial charge in [0.05, 0.1) is 0 Å². The predicted octanol–water partition coefficient (Wildman–Crippen LogP) is 3.33. The Bertz CT molecular complexity index is 210. The van der Waals surface area contributed by atoms with E-state index < -0.39 is 17.9 Å². The molecule has 1 aliphatic carbocycles. The van der Waals surface area contributed by atoms with Crippen LogP contribution in [0.25, 0.3) is 0 Å². The van der Waals surface area contributed by atoms with Gasteiger partial charge < -0.3 is 0 Å². The number of Topliss-reactive ketones (excluding diaryl/α,β-unsaturated/α-hetero) is 1. The molecule has 0 bridgehead atoms. The van der Waals surface area contributed by atoms with Gasteiger partial charge in [0.2, 0.25) is 5.78 Å². The Morgan fingerprint density at radius 1 is 1.14 bits per heavy atom. The molecular formula is C10H15F3O. The van der Waals surface area contributed by atoms with E-state index >= 15 is 0 Å². The Kier molecular flexibility index (Phi) is 3.56. The third-order valence-electron chi connectivity index (χ3n) is 2.91. The zero-order valence-electron chi connectivity index (χ0n) is 8.23. The van der Waals surface area contributed by atoms with Crippen LogP contribution in [0.5, 0.6) is 0 Å². The molecule has 4 heteroatoms. The van der Waals surface area contributed by atoms with E-state index in [0.29, 0.717) is 18.8 Å². The first-order valence-corrected chi connectivity index (χ1v) is 5.02. The van der Waals surface area contributed by atoms with Gasteiger partial charge in [0.25, 0.3) is 0 Å². The highest BCUT2D eigenvalue weighted by molar-refractivity contribution is 5.86. The highest BCUT2D eigenvalue weighted by Crippen LogP contribution is 2.32. The molecule has 1 saturated carbocycles. The minimum absolute atomic E-state index is 0.402. The molecular weight excluding hydrogens is 193 g/mol. The summed E-state index contributed by atoms with van der Waals surface area (Å²) in [5.41, 5.74) is 0. The molecule has 0 amide bonds. The van der Waals surface area contributed by atoms with Crippen LogP contribution in [0.4, 0.5) is 13.2 Å². The molecule has 0 spiro atoms. The van der Waals surface area contributed by atoms with Gasteiger partial charge in [0.1, 0.15) is 0 Å². The molecule has 14 heavy (non-hydrogen) atoms. The number of carbonyl (C=O) groups is 1. The predicted molar refractivity (Wildman–Crippen MR) is 46.8 cm³/mol. The molecule has 0 aliphatic heterocycles. The van der Waals surface area contributed by atoms with Crippen molar-refractivity contribution in [1.29, 1.82) is 0 Å². The summed E-state index contributed by atoms with van der Waals surface area (Å²) in [5, 5.41) is 0. The summed E-state index contributed by atoms with van der Waals surface area (Å²) < 4.78 is 36.3. The van der Waals surface area contributed by atoms with Crippen molar-refractivity contribution in [1.82, 2.24) is 0 Å². The largest absolute Gasteiger partial charge is 0.450 e. The highest BCUT2D eigenvalue weighted by atomic mass is 19.4. The Morgan fingerprint density at radius 2 is 1.79 bits per heavy atom. The first-order valence-electron chi connectivity index (χ1n) is 5.02. The molecule has 0 radical (unpaired) electrons. The topological polar surface area (TPSA) is 17.1 Å². The SMILES string of the molecule is CC1CCCC(C(=O)C(F)(F)F)CC1. The zero-order valence-corrected chi connectivity index (χ0v) is 8.23. The van der Waals surface area contributed by atoms with Crippen molar-refractivity contribution in [3.05, 3.63) is 0 Å². The second-order valence-electron chi connectivity index (χ2n) is 4.17. The van der Waals surface area contributed by atoms with E-state index in [9.17, 15) is 18.0 Å². The third-order valence-corrected chi connectivity index (χ3v) is 2.91. The van der Waals surface area contributed by atoms with Gasteiger partial charge in [-0.15, -0.1) is 0 Å². The molecule has 0 aromatic carbocycles. The molecule has 0 aromatic rings. The molecule has 0 saturated heterocycles. The Morgan fingerprint density at radius 3 is 2.36 bits per heavy atom. The molecule has 0 N–H and O–H groups in total. The van der Waals surface area contributed by atoms with Gasteiger partial charge >= 0.3 is 6.18 Å². The molecule has 0 aromatic heterocycles. The smallest absolute Gasteiger partial charge is 0.289 e. The molecule has 1 aliphatic rings. The number of carbonyl (C=O) groups excluding carboxylic acids is 1. The van der Waals surface area contributed by atoms with E-state index in [1.54, 1.807) is 0 Å². The number of rotatable bonds is 1. The monoisotopic (exact) mass is 208 g/mol. The fourth-order valence-electron chi connectivity index (χ4n) is 1.98. The van der Waals surface area contributed by atoms with Crippen LogP contribution >= 0.6 is 0 Å². The summed E-state index contributed by atoms with van der Waals surface area (Å²) in [6.07, 6.45) is -1.40. The maximum absolute atomic E-state index is 12.1. The van der Waals surface area contributed by atoms with Crippen molar-refractivity contribution in [2.45, 2.75) is 45.2 Å². The number of hydrogen-bond donors (Lipinski definition) is 0. The quantitative estimate of drug-likeness (QED) is 0.604. The van der Waals surface area contributed by atoms with Crippen molar-refractivity contribution in [3.8, 4) is 0 Å². The standard InChI is InChI=1S/C10H15F3O/c1-7-3-2-4-8(6-5-7)9(14)10(11,12)13/h7-8H,2-6H2,1H3. The van der Waals surface area contributed by atoms with Gasteiger partial charge in [0, 0.05) is 5.92 Å². The van der Waals surface area contributed by atoms with E-state index in [2.05, 4.69) is 0 Å². The van der Waals surface area contributed by atoms with Crippen LogP contribution in [-0.4, -0.2) is 12.0 Å². The summed E-state index contributed by atoms with van der Waals surface area (Å²) in [5.74, 6) is -1.84. The normalized spacial score (nSPS) is 29.7. The lowest BCUT2D eigenvalue weighted by atomic mass is 9.94. The molecule has 82 valence electrons. The minimum Gasteiger partial charge on any atom is -0.289 e. The summed E-state index contributed by atoms with van der Waals surface area (Å²) >= 11 is 0. The molecule has 1 nitrogen and oxygen atoms in total. The van der Waals surface area contributed by atoms with E-state index in [0.717, 1.165) is 19.3 Å². The van der Waals surface area contributed by atoms with Crippen LogP contribution < -0.4 is 0 Å². The van der Waals surface area contributed by atoms with Gasteiger partial charge in [-0.3, -0.25) is 4.79 Å². The summed E-state index contributed by atoms with van der Waals surface area (Å²) in [4.78, 5) is 11.0. The number of ketones is 1. The minimum atomic E-state index is -4.64. The fraction of sp³-hybridized carbons (Fsp3) is 0.900. The summed E-state index contributed by atoms with van der Waals surface area (Å²) in [7, 11) is 0. The van der Waals surface area contributed by atoms with E-state index in [1.165, 1.54) is 0 Å². The molecule has 2 unspecified atom stereocenters. The van der Waals surface area contributed by atoms with E-state index in [1.807, 2.05) is 6.92 Å². The van der Waals surface area contributed by atoms with Gasteiger partial charge in [-0.2, -0.15) is 13.2 Å². The van der Waals surface area contributed by atoms with Crippen molar-refractivity contribution in [3.63, 3.8) is 0 Å². The maximum Gasteiger partial charge on any atom is 0.450 e. The van der Waals surface area contributed by atoms with Crippen molar-refractivity contribution >= 4 is 5.78 Å². The number of hydrogen-bond acceptors (Lipinski definition) is 1. The van der Waals surface area contributed by atoms with Gasteiger partial charge in [-0.1, -0.05) is 26.2 Å². The Hall–Kier alpha value is -0.540. The zero-order chi connectivity index (χ0) is 10.8. The van der Waals surface area contributed by atoms with Crippen LogP contribution in [-0.2, 0) is 4.79 Å². The average Bonchev–Trinajstić information content (AvgIpc) is 2.27. The second-order valence-corrected chi connectivity index (χ2v) is 4.17. The highest BCUT2D eigenvalue weighted by Gasteiger charge is 2.43. The van der Waals surface area contributed by atoms with E-state index in [4.69, 9.17) is 0 Å². The Balaban J connectivity index is 2.56. The molecule has 1 fully saturated rings. The molecule has 0 heterocycles. The van der Waals surface area contributed by atoms with Crippen molar-refractivity contribution < 1.29 is 18.0 Å². The lowest BCUT2D eigenvalue weighted by Crippen LogP contribution is -2.30. The Labute approximate surface area is 81.7 Å². The lowest BCUT2D eigenvalue weighted by Gasteiger charge is -2.14. The first-order chi connectivity index (χ1) is 6.41. The average molecular weight is 208 g/mol. The van der Waals surface area contributed by atoms with Crippen molar-refractivity contribution in [2.75, 3.05) is 0 Å². The van der Waals surface area contributed by atoms with Gasteiger partial charge in [-0.25, -0.2) is 0 Å². The lowest BCUT2D eigenvalue weighted by molar-refractivity contribution is -0.176. The van der Waals surface area contributed by atoms with E-state index in [-0.39, 0.29) is 0 Å². The van der Waals surface area contributed by atoms with Crippen LogP contribution in [0.15, 0.2) is 0 Å². The second kappa shape index (κ2) is 4.32. The fourth-order valence-corrected chi connectivity index (χ4v) is 1.98. The maximum atomic E-state index is 12.1. The number of alkyl halides is 3. The van der Waals surface area contributed by atoms with Crippen LogP contribution in [0, 0.1) is 11.8 Å². The van der Waals surface area contributed by atoms with Gasteiger partial charge in [-0.05, 0) is 18.8 Å². The van der Waals surface area contributed by atoms with Crippen LogP contribution in [0.2, 0.25) is 0 Å². The summed E-state index contributed by atoms with van der Waals surface area (Å²) in [6.45, 7) is 2.03. The summed E-state index contributed by atoms with van der Waals surface area (Å²) in [6, 6.07) is 0. The van der Waals surface area contributed by atoms with Crippen molar-refractivity contribution in [2.24, 2.45) is 11.8 Å². The van der Waals surface area contributed by atoms with Crippen LogP contribution in [0.3, 0.4) is 0 Å². The molecule has 1 rings (SSSR count). The molecule has 2 atom stereocenters. The first kappa shape index (κ1) is 11.5. The number of halogens is 3. The van der Waals surface area contributed by atoms with Crippen LogP contribution in [0.1, 0.15) is 39.0 Å². The van der Waals surface area contributed by atoms with Gasteiger partial charge in [0.15, 0.2) is 0 Å². The third kappa shape index (κ3) is 3.00.